The lowest BCUT2D eigenvalue weighted by Crippen LogP contribution is -2.11. The van der Waals surface area contributed by atoms with Crippen LogP contribution in [0.1, 0.15) is 24.4 Å². The van der Waals surface area contributed by atoms with Gasteiger partial charge in [-0.2, -0.15) is 0 Å². The zero-order valence-corrected chi connectivity index (χ0v) is 13.2. The van der Waals surface area contributed by atoms with Gasteiger partial charge in [0, 0.05) is 16.8 Å². The van der Waals surface area contributed by atoms with Crippen molar-refractivity contribution in [3.63, 3.8) is 0 Å². The van der Waals surface area contributed by atoms with Gasteiger partial charge in [-0.1, -0.05) is 38.1 Å². The third kappa shape index (κ3) is 2.96. The zero-order chi connectivity index (χ0) is 14.7. The summed E-state index contributed by atoms with van der Waals surface area (Å²) >= 11 is 1.75. The van der Waals surface area contributed by atoms with Crippen LogP contribution < -0.4 is 5.32 Å². The smallest absolute Gasteiger partial charge is 0.142 e. The van der Waals surface area contributed by atoms with Gasteiger partial charge >= 0.3 is 0 Å². The second-order valence-electron chi connectivity index (χ2n) is 4.91. The molecule has 0 aliphatic heterocycles. The third-order valence-corrected chi connectivity index (χ3v) is 4.59. The molecule has 1 N–H and O–H groups in total. The van der Waals surface area contributed by atoms with E-state index >= 15 is 0 Å². The molecule has 3 rings (SSSR count). The largest absolute Gasteiger partial charge is 0.312 e. The first-order valence-corrected chi connectivity index (χ1v) is 8.19. The maximum absolute atomic E-state index is 4.77. The zero-order valence-electron chi connectivity index (χ0n) is 12.4. The van der Waals surface area contributed by atoms with E-state index in [-0.39, 0.29) is 0 Å². The predicted octanol–water partition coefficient (Wildman–Crippen LogP) is 4.03. The molecule has 0 fully saturated rings. The minimum atomic E-state index is 0.894. The van der Waals surface area contributed by atoms with Crippen LogP contribution >= 0.6 is 11.3 Å². The molecular formula is C17H19N3S. The number of aryl methyl sites for hydroxylation is 1. The monoisotopic (exact) mass is 297 g/mol. The number of nitrogens with one attached hydrogen (secondary N) is 1. The van der Waals surface area contributed by atoms with Gasteiger partial charge in [0.15, 0.2) is 0 Å². The topological polar surface area (TPSA) is 37.8 Å². The summed E-state index contributed by atoms with van der Waals surface area (Å²) in [6, 6.07) is 12.4. The number of pyridine rings is 1. The molecule has 0 atom stereocenters. The van der Waals surface area contributed by atoms with Crippen LogP contribution in [0.3, 0.4) is 0 Å². The quantitative estimate of drug-likeness (QED) is 0.772. The molecule has 3 aromatic rings. The Kier molecular flexibility index (Phi) is 4.27. The van der Waals surface area contributed by atoms with Crippen molar-refractivity contribution in [2.24, 2.45) is 0 Å². The van der Waals surface area contributed by atoms with E-state index in [2.05, 4.69) is 37.4 Å². The molecule has 0 aliphatic rings. The van der Waals surface area contributed by atoms with Crippen LogP contribution in [0.2, 0.25) is 0 Å². The Labute approximate surface area is 129 Å². The molecule has 0 bridgehead atoms. The van der Waals surface area contributed by atoms with Crippen LogP contribution in [0, 0.1) is 0 Å². The van der Waals surface area contributed by atoms with Gasteiger partial charge in [-0.3, -0.25) is 0 Å². The fourth-order valence-electron chi connectivity index (χ4n) is 2.33. The Morgan fingerprint density at radius 3 is 2.71 bits per heavy atom. The normalized spacial score (nSPS) is 11.1. The van der Waals surface area contributed by atoms with E-state index in [4.69, 9.17) is 9.97 Å². The van der Waals surface area contributed by atoms with E-state index < -0.39 is 0 Å². The van der Waals surface area contributed by atoms with Gasteiger partial charge < -0.3 is 5.32 Å². The SMILES string of the molecule is CCNCc1sc(-c2ccc3ccccc3n2)nc1CC. The highest BCUT2D eigenvalue weighted by molar-refractivity contribution is 7.15. The van der Waals surface area contributed by atoms with Crippen molar-refractivity contribution in [1.29, 1.82) is 0 Å². The Balaban J connectivity index is 1.99. The Hall–Kier alpha value is -1.78. The summed E-state index contributed by atoms with van der Waals surface area (Å²) in [7, 11) is 0. The van der Waals surface area contributed by atoms with Gasteiger partial charge in [0.1, 0.15) is 5.01 Å². The Morgan fingerprint density at radius 2 is 1.90 bits per heavy atom. The van der Waals surface area contributed by atoms with E-state index in [0.717, 1.165) is 35.7 Å². The molecule has 0 saturated carbocycles. The van der Waals surface area contributed by atoms with E-state index in [0.29, 0.717) is 0 Å². The van der Waals surface area contributed by atoms with Crippen molar-refractivity contribution in [1.82, 2.24) is 15.3 Å². The number of benzene rings is 1. The third-order valence-electron chi connectivity index (χ3n) is 3.47. The highest BCUT2D eigenvalue weighted by Gasteiger charge is 2.12. The molecule has 0 unspecified atom stereocenters. The van der Waals surface area contributed by atoms with Crippen LogP contribution in [0.15, 0.2) is 36.4 Å². The summed E-state index contributed by atoms with van der Waals surface area (Å²) in [5.74, 6) is 0. The number of rotatable bonds is 5. The molecule has 108 valence electrons. The number of nitrogens with zero attached hydrogens (tertiary/aromatic N) is 2. The molecule has 0 amide bonds. The fraction of sp³-hybridized carbons (Fsp3) is 0.294. The molecule has 0 aliphatic carbocycles. The van der Waals surface area contributed by atoms with E-state index in [9.17, 15) is 0 Å². The molecule has 0 spiro atoms. The van der Waals surface area contributed by atoms with Crippen molar-refractivity contribution in [3.05, 3.63) is 47.0 Å². The number of thiazole rings is 1. The Bertz CT molecular complexity index is 749. The number of aromatic nitrogens is 2. The van der Waals surface area contributed by atoms with E-state index in [1.807, 2.05) is 18.2 Å². The van der Waals surface area contributed by atoms with Gasteiger partial charge in [0.25, 0.3) is 0 Å². The van der Waals surface area contributed by atoms with Gasteiger partial charge in [0.05, 0.1) is 16.9 Å². The first-order chi connectivity index (χ1) is 10.3. The van der Waals surface area contributed by atoms with Gasteiger partial charge in [-0.05, 0) is 25.1 Å². The minimum absolute atomic E-state index is 0.894. The maximum Gasteiger partial charge on any atom is 0.142 e. The minimum Gasteiger partial charge on any atom is -0.312 e. The molecule has 1 aromatic carbocycles. The summed E-state index contributed by atoms with van der Waals surface area (Å²) in [5.41, 5.74) is 3.18. The fourth-order valence-corrected chi connectivity index (χ4v) is 3.42. The summed E-state index contributed by atoms with van der Waals surface area (Å²) in [6.07, 6.45) is 0.963. The molecule has 21 heavy (non-hydrogen) atoms. The maximum atomic E-state index is 4.77. The van der Waals surface area contributed by atoms with Crippen LogP contribution in [-0.2, 0) is 13.0 Å². The van der Waals surface area contributed by atoms with Crippen LogP contribution in [0.4, 0.5) is 0 Å². The standard InChI is InChI=1S/C17H19N3S/c1-3-13-16(11-18-4-2)21-17(20-13)15-10-9-12-7-5-6-8-14(12)19-15/h5-10,18H,3-4,11H2,1-2H3. The molecule has 2 heterocycles. The molecule has 3 nitrogen and oxygen atoms in total. The number of fused-ring (bicyclic) bond motifs is 1. The van der Waals surface area contributed by atoms with Gasteiger partial charge in [-0.15, -0.1) is 11.3 Å². The van der Waals surface area contributed by atoms with Gasteiger partial charge in [0.2, 0.25) is 0 Å². The molecule has 0 saturated heterocycles. The first kappa shape index (κ1) is 14.2. The lowest BCUT2D eigenvalue weighted by Gasteiger charge is -1.99. The first-order valence-electron chi connectivity index (χ1n) is 7.37. The molecule has 2 aromatic heterocycles. The lowest BCUT2D eigenvalue weighted by molar-refractivity contribution is 0.727. The average molecular weight is 297 g/mol. The summed E-state index contributed by atoms with van der Waals surface area (Å²) < 4.78 is 0. The second kappa shape index (κ2) is 6.33. The molecule has 4 heteroatoms. The number of hydrogen-bond donors (Lipinski definition) is 1. The van der Waals surface area contributed by atoms with E-state index in [1.54, 1.807) is 11.3 Å². The summed E-state index contributed by atoms with van der Waals surface area (Å²) in [6.45, 7) is 6.15. The average Bonchev–Trinajstić information content (AvgIpc) is 2.95. The van der Waals surface area contributed by atoms with Crippen LogP contribution in [-0.4, -0.2) is 16.5 Å². The Morgan fingerprint density at radius 1 is 1.05 bits per heavy atom. The van der Waals surface area contributed by atoms with E-state index in [1.165, 1.54) is 16.0 Å². The van der Waals surface area contributed by atoms with Crippen molar-refractivity contribution in [3.8, 4) is 10.7 Å². The van der Waals surface area contributed by atoms with Gasteiger partial charge in [-0.25, -0.2) is 9.97 Å². The summed E-state index contributed by atoms with van der Waals surface area (Å²) in [5, 5.41) is 5.57. The van der Waals surface area contributed by atoms with Crippen molar-refractivity contribution in [2.75, 3.05) is 6.54 Å². The highest BCUT2D eigenvalue weighted by atomic mass is 32.1. The lowest BCUT2D eigenvalue weighted by atomic mass is 10.2. The van der Waals surface area contributed by atoms with Crippen LogP contribution in [0.5, 0.6) is 0 Å². The van der Waals surface area contributed by atoms with Crippen LogP contribution in [0.25, 0.3) is 21.6 Å². The molecular weight excluding hydrogens is 278 g/mol. The summed E-state index contributed by atoms with van der Waals surface area (Å²) in [4.78, 5) is 10.8. The van der Waals surface area contributed by atoms with Crippen molar-refractivity contribution >= 4 is 22.2 Å². The number of para-hydroxylation sites is 1. The predicted molar refractivity (Wildman–Crippen MR) is 89.6 cm³/mol. The number of hydrogen-bond acceptors (Lipinski definition) is 4. The second-order valence-corrected chi connectivity index (χ2v) is 6.00. The highest BCUT2D eigenvalue weighted by Crippen LogP contribution is 2.28. The van der Waals surface area contributed by atoms with Crippen molar-refractivity contribution < 1.29 is 0 Å². The molecule has 0 radical (unpaired) electrons. The van der Waals surface area contributed by atoms with Crippen molar-refractivity contribution in [2.45, 2.75) is 26.8 Å².